The molecule has 0 aliphatic carbocycles. The van der Waals surface area contributed by atoms with Gasteiger partial charge < -0.3 is 19.9 Å². The summed E-state index contributed by atoms with van der Waals surface area (Å²) < 4.78 is 8.04. The summed E-state index contributed by atoms with van der Waals surface area (Å²) in [4.78, 5) is 7.15. The Bertz CT molecular complexity index is 1150. The summed E-state index contributed by atoms with van der Waals surface area (Å²) in [6, 6.07) is 17.1. The standard InChI is InChI=1S/C26H33N7O/c1-20-16-32(25-8-7-23(15-27)33-26(25)9-10-29-33)19-24(34-20)18-30(2)17-21-3-5-22(6-4-21)31-13-11-28-12-14-31/h3-10,20,24,28H,11-14,16-19H2,1-2H3/t20-,24+/m1/s1. The molecule has 0 spiro atoms. The number of ether oxygens (including phenoxy) is 1. The van der Waals surface area contributed by atoms with Crippen LogP contribution in [0.1, 0.15) is 18.2 Å². The van der Waals surface area contributed by atoms with Gasteiger partial charge in [0.1, 0.15) is 11.8 Å². The minimum atomic E-state index is 0.104. The van der Waals surface area contributed by atoms with Gasteiger partial charge in [-0.15, -0.1) is 0 Å². The molecule has 4 heterocycles. The average Bonchev–Trinajstić information content (AvgIpc) is 3.34. The summed E-state index contributed by atoms with van der Waals surface area (Å²) in [5.74, 6) is 0. The van der Waals surface area contributed by atoms with E-state index in [2.05, 4.69) is 69.4 Å². The van der Waals surface area contributed by atoms with Gasteiger partial charge >= 0.3 is 0 Å². The number of anilines is 2. The molecule has 0 bridgehead atoms. The van der Waals surface area contributed by atoms with E-state index >= 15 is 0 Å². The molecule has 0 amide bonds. The van der Waals surface area contributed by atoms with Crippen molar-refractivity contribution in [2.24, 2.45) is 0 Å². The molecule has 178 valence electrons. The average molecular weight is 460 g/mol. The maximum Gasteiger partial charge on any atom is 0.142 e. The van der Waals surface area contributed by atoms with Crippen LogP contribution in [0, 0.1) is 11.3 Å². The molecule has 0 unspecified atom stereocenters. The Balaban J connectivity index is 1.22. The quantitative estimate of drug-likeness (QED) is 0.607. The number of fused-ring (bicyclic) bond motifs is 1. The molecule has 2 atom stereocenters. The number of hydrogen-bond acceptors (Lipinski definition) is 7. The third-order valence-corrected chi connectivity index (χ3v) is 6.70. The first-order chi connectivity index (χ1) is 16.6. The van der Waals surface area contributed by atoms with Crippen LogP contribution in [0.15, 0.2) is 48.7 Å². The number of hydrogen-bond donors (Lipinski definition) is 1. The Kier molecular flexibility index (Phi) is 6.68. The number of likely N-dealkylation sites (N-methyl/N-ethyl adjacent to an activating group) is 1. The lowest BCUT2D eigenvalue weighted by atomic mass is 10.1. The Morgan fingerprint density at radius 2 is 1.88 bits per heavy atom. The van der Waals surface area contributed by atoms with Crippen molar-refractivity contribution in [3.05, 3.63) is 59.9 Å². The minimum Gasteiger partial charge on any atom is -0.370 e. The molecule has 0 saturated carbocycles. The third kappa shape index (κ3) is 4.87. The largest absolute Gasteiger partial charge is 0.370 e. The molecule has 0 radical (unpaired) electrons. The number of rotatable bonds is 6. The van der Waals surface area contributed by atoms with Crippen molar-refractivity contribution in [1.82, 2.24) is 19.8 Å². The van der Waals surface area contributed by atoms with Gasteiger partial charge in [-0.1, -0.05) is 12.1 Å². The van der Waals surface area contributed by atoms with Gasteiger partial charge in [0, 0.05) is 58.0 Å². The molecule has 34 heavy (non-hydrogen) atoms. The van der Waals surface area contributed by atoms with Crippen LogP contribution in [-0.2, 0) is 11.3 Å². The molecular weight excluding hydrogens is 426 g/mol. The second-order valence-corrected chi connectivity index (χ2v) is 9.42. The second kappa shape index (κ2) is 10.0. The third-order valence-electron chi connectivity index (χ3n) is 6.70. The summed E-state index contributed by atoms with van der Waals surface area (Å²) >= 11 is 0. The fourth-order valence-electron chi connectivity index (χ4n) is 5.16. The van der Waals surface area contributed by atoms with Crippen molar-refractivity contribution < 1.29 is 4.74 Å². The lowest BCUT2D eigenvalue weighted by Crippen LogP contribution is -2.50. The number of benzene rings is 1. The van der Waals surface area contributed by atoms with Crippen LogP contribution in [0.4, 0.5) is 11.4 Å². The highest BCUT2D eigenvalue weighted by molar-refractivity contribution is 5.74. The van der Waals surface area contributed by atoms with Gasteiger partial charge in [-0.05, 0) is 49.9 Å². The molecule has 2 aliphatic rings. The number of pyridine rings is 1. The number of nitrogens with one attached hydrogen (secondary N) is 1. The van der Waals surface area contributed by atoms with E-state index in [0.717, 1.165) is 63.6 Å². The van der Waals surface area contributed by atoms with Crippen LogP contribution in [0.5, 0.6) is 0 Å². The Morgan fingerprint density at radius 3 is 2.65 bits per heavy atom. The molecule has 3 aromatic rings. The summed E-state index contributed by atoms with van der Waals surface area (Å²) in [6.45, 7) is 9.74. The van der Waals surface area contributed by atoms with Gasteiger partial charge in [-0.25, -0.2) is 4.52 Å². The van der Waals surface area contributed by atoms with E-state index < -0.39 is 0 Å². The van der Waals surface area contributed by atoms with Crippen LogP contribution >= 0.6 is 0 Å². The predicted octanol–water partition coefficient (Wildman–Crippen LogP) is 2.34. The SMILES string of the molecule is C[C@@H]1CN(c2ccc(C#N)n3nccc23)C[C@H](CN(C)Cc2ccc(N3CCNCC3)cc2)O1. The summed E-state index contributed by atoms with van der Waals surface area (Å²) in [5.41, 5.74) is 5.23. The van der Waals surface area contributed by atoms with E-state index in [1.165, 1.54) is 11.3 Å². The summed E-state index contributed by atoms with van der Waals surface area (Å²) in [7, 11) is 2.16. The highest BCUT2D eigenvalue weighted by Gasteiger charge is 2.28. The molecule has 8 nitrogen and oxygen atoms in total. The normalized spacial score (nSPS) is 21.2. The van der Waals surface area contributed by atoms with Crippen molar-refractivity contribution in [2.45, 2.75) is 25.7 Å². The molecule has 1 N–H and O–H groups in total. The van der Waals surface area contributed by atoms with Crippen molar-refractivity contribution in [1.29, 1.82) is 5.26 Å². The Labute approximate surface area is 201 Å². The van der Waals surface area contributed by atoms with E-state index in [4.69, 9.17) is 4.74 Å². The maximum atomic E-state index is 9.39. The second-order valence-electron chi connectivity index (χ2n) is 9.42. The van der Waals surface area contributed by atoms with Crippen LogP contribution < -0.4 is 15.1 Å². The number of piperazine rings is 1. The first kappa shape index (κ1) is 22.7. The first-order valence-electron chi connectivity index (χ1n) is 12.1. The van der Waals surface area contributed by atoms with Crippen molar-refractivity contribution in [2.75, 3.05) is 62.7 Å². The highest BCUT2D eigenvalue weighted by atomic mass is 16.5. The Hall–Kier alpha value is -3.12. The fraction of sp³-hybridized carbons (Fsp3) is 0.462. The van der Waals surface area contributed by atoms with Gasteiger partial charge in [0.2, 0.25) is 0 Å². The number of aromatic nitrogens is 2. The van der Waals surface area contributed by atoms with E-state index in [1.54, 1.807) is 10.7 Å². The van der Waals surface area contributed by atoms with Gasteiger partial charge in [-0.3, -0.25) is 4.90 Å². The van der Waals surface area contributed by atoms with Crippen molar-refractivity contribution in [3.63, 3.8) is 0 Å². The molecule has 2 saturated heterocycles. The zero-order valence-corrected chi connectivity index (χ0v) is 20.0. The van der Waals surface area contributed by atoms with E-state index in [9.17, 15) is 5.26 Å². The molecular formula is C26H33N7O. The molecule has 5 rings (SSSR count). The number of nitrogens with zero attached hydrogens (tertiary/aromatic N) is 6. The van der Waals surface area contributed by atoms with Crippen LogP contribution in [0.2, 0.25) is 0 Å². The zero-order chi connectivity index (χ0) is 23.5. The molecule has 2 fully saturated rings. The van der Waals surface area contributed by atoms with Crippen LogP contribution in [0.3, 0.4) is 0 Å². The molecule has 8 heteroatoms. The minimum absolute atomic E-state index is 0.104. The summed E-state index contributed by atoms with van der Waals surface area (Å²) in [5, 5.41) is 17.1. The van der Waals surface area contributed by atoms with Gasteiger partial charge in [0.05, 0.1) is 29.6 Å². The van der Waals surface area contributed by atoms with E-state index in [1.807, 2.05) is 18.2 Å². The fourth-order valence-corrected chi connectivity index (χ4v) is 5.16. The molecule has 1 aromatic carbocycles. The van der Waals surface area contributed by atoms with Crippen LogP contribution in [-0.4, -0.2) is 79.6 Å². The van der Waals surface area contributed by atoms with Gasteiger partial charge in [-0.2, -0.15) is 10.4 Å². The van der Waals surface area contributed by atoms with E-state index in [0.29, 0.717) is 5.69 Å². The maximum absolute atomic E-state index is 9.39. The first-order valence-corrected chi connectivity index (χ1v) is 12.1. The Morgan fingerprint density at radius 1 is 1.09 bits per heavy atom. The van der Waals surface area contributed by atoms with Gasteiger partial charge in [0.15, 0.2) is 0 Å². The number of nitriles is 1. The predicted molar refractivity (Wildman–Crippen MR) is 134 cm³/mol. The smallest absolute Gasteiger partial charge is 0.142 e. The topological polar surface area (TPSA) is 72.1 Å². The van der Waals surface area contributed by atoms with Crippen LogP contribution in [0.25, 0.3) is 5.52 Å². The van der Waals surface area contributed by atoms with Crippen molar-refractivity contribution in [3.8, 4) is 6.07 Å². The lowest BCUT2D eigenvalue weighted by Gasteiger charge is -2.39. The van der Waals surface area contributed by atoms with Gasteiger partial charge in [0.25, 0.3) is 0 Å². The highest BCUT2D eigenvalue weighted by Crippen LogP contribution is 2.27. The van der Waals surface area contributed by atoms with Crippen molar-refractivity contribution >= 4 is 16.9 Å². The molecule has 2 aromatic heterocycles. The summed E-state index contributed by atoms with van der Waals surface area (Å²) in [6.07, 6.45) is 1.99. The monoisotopic (exact) mass is 459 g/mol. The zero-order valence-electron chi connectivity index (χ0n) is 20.0. The van der Waals surface area contributed by atoms with E-state index in [-0.39, 0.29) is 12.2 Å². The lowest BCUT2D eigenvalue weighted by molar-refractivity contribution is -0.0299. The number of morpholine rings is 1. The molecule has 2 aliphatic heterocycles.